The van der Waals surface area contributed by atoms with Crippen LogP contribution in [0, 0.1) is 0 Å². The van der Waals surface area contributed by atoms with E-state index in [4.69, 9.17) is 4.74 Å². The number of thiazole rings is 1. The van der Waals surface area contributed by atoms with Crippen LogP contribution in [0.1, 0.15) is 40.1 Å². The number of para-hydroxylation sites is 1. The van der Waals surface area contributed by atoms with Gasteiger partial charge in [0.1, 0.15) is 0 Å². The summed E-state index contributed by atoms with van der Waals surface area (Å²) in [7, 11) is 0. The average molecular weight is 491 g/mol. The number of Topliss-reactive ketones (excluding diaryl/α,β-unsaturated/α-hetero) is 1. The van der Waals surface area contributed by atoms with E-state index in [0.717, 1.165) is 25.9 Å². The van der Waals surface area contributed by atoms with Crippen molar-refractivity contribution in [2.75, 3.05) is 5.32 Å². The predicted molar refractivity (Wildman–Crippen MR) is 136 cm³/mol. The first-order valence-corrected chi connectivity index (χ1v) is 12.4. The number of carbonyl (C=O) groups is 3. The molecule has 1 aromatic heterocycles. The summed E-state index contributed by atoms with van der Waals surface area (Å²) in [6.45, 7) is 2.96. The molecule has 0 saturated carbocycles. The molecule has 0 radical (unpaired) electrons. The van der Waals surface area contributed by atoms with E-state index in [1.54, 1.807) is 59.5 Å². The van der Waals surface area contributed by atoms with Crippen molar-refractivity contribution < 1.29 is 19.1 Å². The zero-order valence-corrected chi connectivity index (χ0v) is 20.2. The van der Waals surface area contributed by atoms with Crippen molar-refractivity contribution in [2.24, 2.45) is 0 Å². The summed E-state index contributed by atoms with van der Waals surface area (Å²) >= 11 is 3.31. The molecule has 0 aliphatic carbocycles. The van der Waals surface area contributed by atoms with Crippen LogP contribution in [0.5, 0.6) is 0 Å². The largest absolute Gasteiger partial charge is 0.449 e. The van der Waals surface area contributed by atoms with E-state index in [1.165, 1.54) is 13.8 Å². The summed E-state index contributed by atoms with van der Waals surface area (Å²) < 4.78 is 7.48. The van der Waals surface area contributed by atoms with Crippen LogP contribution in [-0.2, 0) is 15.3 Å². The van der Waals surface area contributed by atoms with Gasteiger partial charge in [-0.2, -0.15) is 0 Å². The van der Waals surface area contributed by atoms with Crippen molar-refractivity contribution in [3.05, 3.63) is 89.5 Å². The second-order valence-electron chi connectivity index (χ2n) is 7.61. The molecule has 1 heterocycles. The number of ketones is 1. The van der Waals surface area contributed by atoms with Crippen LogP contribution in [0.3, 0.4) is 0 Å². The predicted octanol–water partition coefficient (Wildman–Crippen LogP) is 5.98. The average Bonchev–Trinajstić information content (AvgIpc) is 3.26. The molecule has 1 unspecified atom stereocenters. The van der Waals surface area contributed by atoms with E-state index in [0.29, 0.717) is 16.8 Å². The zero-order chi connectivity index (χ0) is 24.1. The number of ether oxygens (including phenoxy) is 1. The third-order valence-electron chi connectivity index (χ3n) is 5.02. The SMILES string of the molecule is CC(=O)c1cccc(NC(=O)C(C)OC(=O)c2ccc(CSc3nc4ccccc4s3)cc2)c1. The summed E-state index contributed by atoms with van der Waals surface area (Å²) in [6.07, 6.45) is -0.997. The summed E-state index contributed by atoms with van der Waals surface area (Å²) in [6, 6.07) is 21.8. The van der Waals surface area contributed by atoms with Gasteiger partial charge in [0.25, 0.3) is 5.91 Å². The number of rotatable bonds is 8. The van der Waals surface area contributed by atoms with Gasteiger partial charge in [-0.05, 0) is 55.8 Å². The highest BCUT2D eigenvalue weighted by Crippen LogP contribution is 2.31. The molecule has 0 fully saturated rings. The van der Waals surface area contributed by atoms with Gasteiger partial charge in [-0.15, -0.1) is 11.3 Å². The molecule has 0 saturated heterocycles. The Morgan fingerprint density at radius 2 is 1.76 bits per heavy atom. The maximum atomic E-state index is 12.5. The highest BCUT2D eigenvalue weighted by Gasteiger charge is 2.19. The molecule has 0 aliphatic rings. The molecule has 1 atom stereocenters. The maximum Gasteiger partial charge on any atom is 0.338 e. The van der Waals surface area contributed by atoms with Crippen LogP contribution < -0.4 is 5.32 Å². The lowest BCUT2D eigenvalue weighted by molar-refractivity contribution is -0.123. The van der Waals surface area contributed by atoms with Crippen molar-refractivity contribution in [3.63, 3.8) is 0 Å². The van der Waals surface area contributed by atoms with Gasteiger partial charge in [-0.1, -0.05) is 48.2 Å². The van der Waals surface area contributed by atoms with Crippen LogP contribution in [0.25, 0.3) is 10.2 Å². The third-order valence-corrected chi connectivity index (χ3v) is 7.27. The number of hydrogen-bond donors (Lipinski definition) is 1. The minimum absolute atomic E-state index is 0.0995. The second kappa shape index (κ2) is 10.6. The Morgan fingerprint density at radius 1 is 1.00 bits per heavy atom. The molecule has 4 rings (SSSR count). The van der Waals surface area contributed by atoms with Gasteiger partial charge in [0.15, 0.2) is 16.2 Å². The van der Waals surface area contributed by atoms with Crippen molar-refractivity contribution >= 4 is 56.7 Å². The van der Waals surface area contributed by atoms with E-state index in [2.05, 4.69) is 16.4 Å². The van der Waals surface area contributed by atoms with Gasteiger partial charge >= 0.3 is 5.97 Å². The first-order valence-electron chi connectivity index (χ1n) is 10.6. The number of thioether (sulfide) groups is 1. The van der Waals surface area contributed by atoms with Gasteiger partial charge in [0, 0.05) is 17.0 Å². The number of nitrogens with one attached hydrogen (secondary N) is 1. The number of anilines is 1. The fourth-order valence-electron chi connectivity index (χ4n) is 3.14. The molecular weight excluding hydrogens is 468 g/mol. The lowest BCUT2D eigenvalue weighted by Gasteiger charge is -2.14. The summed E-state index contributed by atoms with van der Waals surface area (Å²) in [5.74, 6) is -0.422. The number of aromatic nitrogens is 1. The molecule has 34 heavy (non-hydrogen) atoms. The lowest BCUT2D eigenvalue weighted by Crippen LogP contribution is -2.30. The van der Waals surface area contributed by atoms with E-state index in [-0.39, 0.29) is 5.78 Å². The minimum Gasteiger partial charge on any atom is -0.449 e. The zero-order valence-electron chi connectivity index (χ0n) is 18.6. The monoisotopic (exact) mass is 490 g/mol. The number of benzene rings is 3. The Hall–Kier alpha value is -3.49. The van der Waals surface area contributed by atoms with Gasteiger partial charge < -0.3 is 10.1 Å². The third kappa shape index (κ3) is 5.89. The molecule has 6 nitrogen and oxygen atoms in total. The van der Waals surface area contributed by atoms with Gasteiger partial charge in [0.05, 0.1) is 15.8 Å². The van der Waals surface area contributed by atoms with Crippen molar-refractivity contribution in [1.82, 2.24) is 4.98 Å². The van der Waals surface area contributed by atoms with E-state index < -0.39 is 18.0 Å². The summed E-state index contributed by atoms with van der Waals surface area (Å²) in [5.41, 5.74) is 3.38. The van der Waals surface area contributed by atoms with Crippen molar-refractivity contribution in [2.45, 2.75) is 30.0 Å². The molecule has 8 heteroatoms. The number of fused-ring (bicyclic) bond motifs is 1. The molecule has 4 aromatic rings. The topological polar surface area (TPSA) is 85.4 Å². The van der Waals surface area contributed by atoms with Crippen LogP contribution in [0.4, 0.5) is 5.69 Å². The first-order chi connectivity index (χ1) is 16.4. The molecule has 0 bridgehead atoms. The number of amides is 1. The summed E-state index contributed by atoms with van der Waals surface area (Å²) in [5, 5.41) is 2.67. The van der Waals surface area contributed by atoms with Crippen molar-refractivity contribution in [3.8, 4) is 0 Å². The van der Waals surface area contributed by atoms with E-state index in [1.807, 2.05) is 30.3 Å². The first kappa shape index (κ1) is 23.7. The van der Waals surface area contributed by atoms with Crippen molar-refractivity contribution in [1.29, 1.82) is 0 Å². The summed E-state index contributed by atoms with van der Waals surface area (Å²) in [4.78, 5) is 41.0. The second-order valence-corrected chi connectivity index (χ2v) is 9.86. The Kier molecular flexibility index (Phi) is 7.40. The Bertz CT molecular complexity index is 1320. The highest BCUT2D eigenvalue weighted by atomic mass is 32.2. The van der Waals surface area contributed by atoms with Gasteiger partial charge in [-0.25, -0.2) is 9.78 Å². The lowest BCUT2D eigenvalue weighted by atomic mass is 10.1. The number of nitrogens with zero attached hydrogens (tertiary/aromatic N) is 1. The molecule has 3 aromatic carbocycles. The Balaban J connectivity index is 1.30. The molecular formula is C26H22N2O4S2. The standard InChI is InChI=1S/C26H22N2O4S2/c1-16(29)20-6-5-7-21(14-20)27-24(30)17(2)32-25(31)19-12-10-18(11-13-19)15-33-26-28-22-8-3-4-9-23(22)34-26/h3-14,17H,15H2,1-2H3,(H,27,30). The van der Waals surface area contributed by atoms with Crippen LogP contribution in [0.15, 0.2) is 77.1 Å². The van der Waals surface area contributed by atoms with E-state index >= 15 is 0 Å². The molecule has 0 spiro atoms. The molecule has 1 N–H and O–H groups in total. The maximum absolute atomic E-state index is 12.5. The molecule has 172 valence electrons. The fraction of sp³-hybridized carbons (Fsp3) is 0.154. The van der Waals surface area contributed by atoms with Gasteiger partial charge in [-0.3, -0.25) is 9.59 Å². The number of carbonyl (C=O) groups excluding carboxylic acids is 3. The Morgan fingerprint density at radius 3 is 2.50 bits per heavy atom. The normalized spacial score (nSPS) is 11.7. The highest BCUT2D eigenvalue weighted by molar-refractivity contribution is 8.00. The number of esters is 1. The van der Waals surface area contributed by atoms with Crippen LogP contribution in [-0.4, -0.2) is 28.7 Å². The smallest absolute Gasteiger partial charge is 0.338 e. The van der Waals surface area contributed by atoms with E-state index in [9.17, 15) is 14.4 Å². The van der Waals surface area contributed by atoms with Gasteiger partial charge in [0.2, 0.25) is 0 Å². The van der Waals surface area contributed by atoms with Crippen LogP contribution in [0.2, 0.25) is 0 Å². The fourth-order valence-corrected chi connectivity index (χ4v) is 5.16. The Labute approximate surface area is 205 Å². The molecule has 1 amide bonds. The molecule has 0 aliphatic heterocycles. The quantitative estimate of drug-likeness (QED) is 0.186. The minimum atomic E-state index is -0.997. The van der Waals surface area contributed by atoms with Crippen LogP contribution >= 0.6 is 23.1 Å². The number of hydrogen-bond acceptors (Lipinski definition) is 7.